The van der Waals surface area contributed by atoms with Crippen LogP contribution in [0.2, 0.25) is 5.02 Å². The highest BCUT2D eigenvalue weighted by Gasteiger charge is 2.48. The quantitative estimate of drug-likeness (QED) is 0.413. The van der Waals surface area contributed by atoms with Crippen LogP contribution in [0.4, 0.5) is 0 Å². The molecule has 0 saturated carbocycles. The van der Waals surface area contributed by atoms with Crippen LogP contribution in [0.15, 0.2) is 78.2 Å². The number of nitrogens with one attached hydrogen (secondary N) is 1. The van der Waals surface area contributed by atoms with Crippen LogP contribution in [-0.4, -0.2) is 32.0 Å². The summed E-state index contributed by atoms with van der Waals surface area (Å²) in [5.74, 6) is -0.468. The van der Waals surface area contributed by atoms with Crippen molar-refractivity contribution in [3.8, 4) is 10.6 Å². The predicted molar refractivity (Wildman–Crippen MR) is 134 cm³/mol. The largest absolute Gasteiger partial charge is 0.350 e. The van der Waals surface area contributed by atoms with E-state index in [0.29, 0.717) is 17.3 Å². The van der Waals surface area contributed by atoms with Crippen molar-refractivity contribution in [2.75, 3.05) is 0 Å². The molecule has 0 saturated heterocycles. The molecule has 6 nitrogen and oxygen atoms in total. The second kappa shape index (κ2) is 9.08. The molecule has 0 unspecified atom stereocenters. The van der Waals surface area contributed by atoms with Crippen LogP contribution in [0.25, 0.3) is 10.6 Å². The molecular weight excluding hydrogens is 468 g/mol. The molecular formula is C26H23ClN4O2S. The van der Waals surface area contributed by atoms with E-state index in [1.54, 1.807) is 40.0 Å². The first-order chi connectivity index (χ1) is 16.4. The van der Waals surface area contributed by atoms with Gasteiger partial charge in [-0.25, -0.2) is 0 Å². The first-order valence-corrected chi connectivity index (χ1v) is 12.2. The molecule has 3 heterocycles. The molecule has 0 fully saturated rings. The minimum atomic E-state index is -1.14. The van der Waals surface area contributed by atoms with E-state index in [1.807, 2.05) is 66.0 Å². The van der Waals surface area contributed by atoms with Gasteiger partial charge < -0.3 is 10.2 Å². The summed E-state index contributed by atoms with van der Waals surface area (Å²) in [5, 5.41) is 10.3. The van der Waals surface area contributed by atoms with Crippen molar-refractivity contribution in [3.05, 3.63) is 100 Å². The molecule has 34 heavy (non-hydrogen) atoms. The lowest BCUT2D eigenvalue weighted by atomic mass is 9.94. The van der Waals surface area contributed by atoms with Gasteiger partial charge in [0.1, 0.15) is 16.9 Å². The number of nitrogens with zero attached hydrogens (tertiary/aromatic N) is 3. The number of hydrogen-bond donors (Lipinski definition) is 1. The third-order valence-electron chi connectivity index (χ3n) is 6.09. The third-order valence-corrected chi connectivity index (χ3v) is 7.21. The van der Waals surface area contributed by atoms with Gasteiger partial charge in [0.15, 0.2) is 0 Å². The summed E-state index contributed by atoms with van der Waals surface area (Å²) in [7, 11) is 0. The van der Waals surface area contributed by atoms with Crippen LogP contribution >= 0.6 is 22.9 Å². The third kappa shape index (κ3) is 4.24. The Morgan fingerprint density at radius 2 is 1.88 bits per heavy atom. The van der Waals surface area contributed by atoms with Crippen LogP contribution < -0.4 is 5.32 Å². The molecule has 0 radical (unpaired) electrons. The van der Waals surface area contributed by atoms with E-state index < -0.39 is 5.54 Å². The van der Waals surface area contributed by atoms with Crippen molar-refractivity contribution in [1.29, 1.82) is 0 Å². The normalized spacial score (nSPS) is 17.5. The molecule has 172 valence electrons. The fourth-order valence-corrected chi connectivity index (χ4v) is 5.11. The standard InChI is InChI=1S/C26H23ClN4O2S/c1-26(25(33)28-15-18-7-3-2-4-8-18)17-31-22(14-21(29-31)23-11-6-12-34-23)24(32)30(26)16-19-9-5-10-20(27)13-19/h2-14H,15-17H2,1H3,(H,28,33)/t26-/m0/s1. The second-order valence-electron chi connectivity index (χ2n) is 8.51. The van der Waals surface area contributed by atoms with E-state index in [4.69, 9.17) is 11.6 Å². The van der Waals surface area contributed by atoms with Crippen LogP contribution in [0.3, 0.4) is 0 Å². The Hall–Kier alpha value is -3.42. The van der Waals surface area contributed by atoms with Gasteiger partial charge in [-0.05, 0) is 47.7 Å². The molecule has 5 rings (SSSR count). The fraction of sp³-hybridized carbons (Fsp3) is 0.192. The zero-order valence-electron chi connectivity index (χ0n) is 18.6. The maximum atomic E-state index is 13.7. The maximum Gasteiger partial charge on any atom is 0.273 e. The lowest BCUT2D eigenvalue weighted by Crippen LogP contribution is -2.63. The van der Waals surface area contributed by atoms with Gasteiger partial charge in [-0.2, -0.15) is 5.10 Å². The minimum Gasteiger partial charge on any atom is -0.350 e. The molecule has 4 aromatic rings. The summed E-state index contributed by atoms with van der Waals surface area (Å²) in [6.45, 7) is 2.68. The smallest absolute Gasteiger partial charge is 0.273 e. The fourth-order valence-electron chi connectivity index (χ4n) is 4.22. The van der Waals surface area contributed by atoms with Crippen molar-refractivity contribution < 1.29 is 9.59 Å². The van der Waals surface area contributed by atoms with Crippen molar-refractivity contribution in [3.63, 3.8) is 0 Å². The molecule has 1 aliphatic rings. The number of benzene rings is 2. The first kappa shape index (κ1) is 22.4. The van der Waals surface area contributed by atoms with Crippen molar-refractivity contribution >= 4 is 34.8 Å². The van der Waals surface area contributed by atoms with Crippen LogP contribution in [0.1, 0.15) is 28.5 Å². The van der Waals surface area contributed by atoms with Crippen LogP contribution in [0.5, 0.6) is 0 Å². The highest BCUT2D eigenvalue weighted by Crippen LogP contribution is 2.33. The van der Waals surface area contributed by atoms with Crippen molar-refractivity contribution in [1.82, 2.24) is 20.0 Å². The number of thiophene rings is 1. The molecule has 0 aliphatic carbocycles. The summed E-state index contributed by atoms with van der Waals surface area (Å²) in [4.78, 5) is 29.9. The SMILES string of the molecule is C[C@@]1(C(=O)NCc2ccccc2)Cn2nc(-c3cccs3)cc2C(=O)N1Cc1cccc(Cl)c1. The predicted octanol–water partition coefficient (Wildman–Crippen LogP) is 5.00. The summed E-state index contributed by atoms with van der Waals surface area (Å²) < 4.78 is 1.66. The Morgan fingerprint density at radius 1 is 1.09 bits per heavy atom. The van der Waals surface area contributed by atoms with Crippen molar-refractivity contribution in [2.45, 2.75) is 32.1 Å². The number of aromatic nitrogens is 2. The molecule has 1 atom stereocenters. The van der Waals surface area contributed by atoms with Gasteiger partial charge in [-0.1, -0.05) is 60.1 Å². The highest BCUT2D eigenvalue weighted by atomic mass is 35.5. The van der Waals surface area contributed by atoms with Crippen LogP contribution in [-0.2, 0) is 24.4 Å². The summed E-state index contributed by atoms with van der Waals surface area (Å²) >= 11 is 7.76. The van der Waals surface area contributed by atoms with E-state index in [-0.39, 0.29) is 24.9 Å². The average Bonchev–Trinajstić information content (AvgIpc) is 3.51. The Bertz CT molecular complexity index is 1340. The number of amides is 2. The Balaban J connectivity index is 1.50. The molecule has 2 amide bonds. The topological polar surface area (TPSA) is 67.2 Å². The van der Waals surface area contributed by atoms with E-state index in [2.05, 4.69) is 10.4 Å². The molecule has 2 aromatic carbocycles. The van der Waals surface area contributed by atoms with Gasteiger partial charge in [0.25, 0.3) is 5.91 Å². The van der Waals surface area contributed by atoms with Gasteiger partial charge >= 0.3 is 0 Å². The van der Waals surface area contributed by atoms with E-state index in [9.17, 15) is 9.59 Å². The number of hydrogen-bond acceptors (Lipinski definition) is 4. The Labute approximate surface area is 206 Å². The van der Waals surface area contributed by atoms with Gasteiger partial charge in [0.2, 0.25) is 5.91 Å². The van der Waals surface area contributed by atoms with E-state index >= 15 is 0 Å². The number of rotatable bonds is 6. The highest BCUT2D eigenvalue weighted by molar-refractivity contribution is 7.13. The van der Waals surface area contributed by atoms with Gasteiger partial charge in [0, 0.05) is 18.1 Å². The maximum absolute atomic E-state index is 13.7. The van der Waals surface area contributed by atoms with Gasteiger partial charge in [-0.3, -0.25) is 14.3 Å². The number of carbonyl (C=O) groups excluding carboxylic acids is 2. The number of halogens is 1. The van der Waals surface area contributed by atoms with E-state index in [1.165, 1.54) is 0 Å². The first-order valence-electron chi connectivity index (χ1n) is 10.9. The summed E-state index contributed by atoms with van der Waals surface area (Å²) in [6, 6.07) is 22.8. The number of carbonyl (C=O) groups is 2. The number of fused-ring (bicyclic) bond motifs is 1. The molecule has 1 N–H and O–H groups in total. The molecule has 2 aromatic heterocycles. The second-order valence-corrected chi connectivity index (χ2v) is 9.90. The lowest BCUT2D eigenvalue weighted by Gasteiger charge is -2.43. The van der Waals surface area contributed by atoms with Crippen molar-refractivity contribution in [2.24, 2.45) is 0 Å². The Morgan fingerprint density at radius 3 is 2.62 bits per heavy atom. The average molecular weight is 491 g/mol. The Kier molecular flexibility index (Phi) is 5.98. The monoisotopic (exact) mass is 490 g/mol. The van der Waals surface area contributed by atoms with Gasteiger partial charge in [0.05, 0.1) is 11.4 Å². The summed E-state index contributed by atoms with van der Waals surface area (Å²) in [6.07, 6.45) is 0. The molecule has 8 heteroatoms. The van der Waals surface area contributed by atoms with E-state index in [0.717, 1.165) is 21.7 Å². The molecule has 0 spiro atoms. The molecule has 0 bridgehead atoms. The zero-order valence-corrected chi connectivity index (χ0v) is 20.1. The minimum absolute atomic E-state index is 0.231. The lowest BCUT2D eigenvalue weighted by molar-refractivity contribution is -0.133. The summed E-state index contributed by atoms with van der Waals surface area (Å²) in [5.41, 5.74) is 1.91. The zero-order chi connectivity index (χ0) is 23.7. The van der Waals surface area contributed by atoms with Crippen LogP contribution in [0, 0.1) is 0 Å². The van der Waals surface area contributed by atoms with Gasteiger partial charge in [-0.15, -0.1) is 11.3 Å². The molecule has 1 aliphatic heterocycles.